The molecule has 0 aromatic heterocycles. The van der Waals surface area contributed by atoms with Crippen LogP contribution in [0.4, 0.5) is 9.59 Å². The van der Waals surface area contributed by atoms with Crippen molar-refractivity contribution in [1.29, 1.82) is 0 Å². The van der Waals surface area contributed by atoms with Crippen molar-refractivity contribution in [2.75, 3.05) is 19.7 Å². The molecule has 1 aliphatic rings. The molecule has 1 fully saturated rings. The maximum Gasteiger partial charge on any atom is 0.508 e. The number of nitrogens with zero attached hydrogens (tertiary/aromatic N) is 1. The highest BCUT2D eigenvalue weighted by atomic mass is 16.7. The molecule has 1 aliphatic heterocycles. The number of ketones is 1. The Hall–Kier alpha value is -4.42. The summed E-state index contributed by atoms with van der Waals surface area (Å²) in [7, 11) is 0. The van der Waals surface area contributed by atoms with Gasteiger partial charge in [0.15, 0.2) is 0 Å². The minimum atomic E-state index is -1.06. The Kier molecular flexibility index (Phi) is 16.4. The van der Waals surface area contributed by atoms with Crippen LogP contribution in [-0.2, 0) is 35.3 Å². The number of carbonyl (C=O) groups is 6. The molecule has 5 atom stereocenters. The first-order valence-corrected chi connectivity index (χ1v) is 17.5. The van der Waals surface area contributed by atoms with Crippen LogP contribution >= 0.6 is 0 Å². The van der Waals surface area contributed by atoms with Crippen molar-refractivity contribution >= 4 is 35.7 Å². The number of ether oxygens (including phenoxy) is 2. The van der Waals surface area contributed by atoms with E-state index in [0.717, 1.165) is 5.56 Å². The van der Waals surface area contributed by atoms with Crippen LogP contribution in [0, 0.1) is 23.2 Å². The highest BCUT2D eigenvalue weighted by molar-refractivity contribution is 6.38. The van der Waals surface area contributed by atoms with E-state index >= 15 is 0 Å². The average Bonchev–Trinajstić information content (AvgIpc) is 3.52. The summed E-state index contributed by atoms with van der Waals surface area (Å²) in [6, 6.07) is 4.91. The smallest absolute Gasteiger partial charge is 0.432 e. The van der Waals surface area contributed by atoms with Crippen molar-refractivity contribution in [3.05, 3.63) is 48.6 Å². The zero-order chi connectivity index (χ0) is 37.6. The number of likely N-dealkylation sites (tertiary alicyclic amines) is 1. The molecule has 2 unspecified atom stereocenters. The Balaban J connectivity index is 2.19. The number of Topliss-reactive ketones (excluding diaryl/α,β-unsaturated/α-hetero) is 1. The predicted molar refractivity (Wildman–Crippen MR) is 190 cm³/mol. The molecular weight excluding hydrogens is 642 g/mol. The molecule has 0 radical (unpaired) electrons. The van der Waals surface area contributed by atoms with Crippen LogP contribution in [0.2, 0.25) is 0 Å². The van der Waals surface area contributed by atoms with Gasteiger partial charge >= 0.3 is 12.2 Å². The number of urea groups is 1. The number of hydrogen-bond acceptors (Lipinski definition) is 8. The van der Waals surface area contributed by atoms with Gasteiger partial charge in [-0.2, -0.15) is 0 Å². The third-order valence-electron chi connectivity index (χ3n) is 8.78. The first-order chi connectivity index (χ1) is 23.5. The number of amides is 5. The maximum absolute atomic E-state index is 14.3. The zero-order valence-electron chi connectivity index (χ0n) is 30.9. The predicted octanol–water partition coefficient (Wildman–Crippen LogP) is 4.11. The quantitative estimate of drug-likeness (QED) is 0.107. The van der Waals surface area contributed by atoms with Gasteiger partial charge in [-0.3, -0.25) is 19.2 Å². The van der Waals surface area contributed by atoms with E-state index in [1.165, 1.54) is 11.0 Å². The lowest BCUT2D eigenvalue weighted by molar-refractivity contribution is -0.144. The fraction of sp³-hybridized carbons (Fsp3) is 0.622. The van der Waals surface area contributed by atoms with E-state index < -0.39 is 65.3 Å². The highest BCUT2D eigenvalue weighted by Crippen LogP contribution is 2.33. The fourth-order valence-electron chi connectivity index (χ4n) is 5.79. The lowest BCUT2D eigenvalue weighted by Crippen LogP contribution is -2.61. The lowest BCUT2D eigenvalue weighted by Gasteiger charge is -2.37. The van der Waals surface area contributed by atoms with Gasteiger partial charge in [-0.25, -0.2) is 9.59 Å². The third-order valence-corrected chi connectivity index (χ3v) is 8.78. The van der Waals surface area contributed by atoms with Crippen molar-refractivity contribution in [2.45, 2.75) is 105 Å². The van der Waals surface area contributed by atoms with Gasteiger partial charge in [0.1, 0.15) is 25.3 Å². The summed E-state index contributed by atoms with van der Waals surface area (Å²) >= 11 is 0. The number of benzene rings is 1. The summed E-state index contributed by atoms with van der Waals surface area (Å²) in [6.07, 6.45) is 1.91. The Morgan fingerprint density at radius 3 is 2.20 bits per heavy atom. The molecule has 4 N–H and O–H groups in total. The average molecular weight is 700 g/mol. The number of rotatable bonds is 17. The van der Waals surface area contributed by atoms with Crippen LogP contribution in [0.15, 0.2) is 43.0 Å². The summed E-state index contributed by atoms with van der Waals surface area (Å²) < 4.78 is 10.5. The van der Waals surface area contributed by atoms with Gasteiger partial charge in [0, 0.05) is 13.1 Å². The van der Waals surface area contributed by atoms with Gasteiger partial charge in [-0.05, 0) is 41.6 Å². The van der Waals surface area contributed by atoms with Crippen LogP contribution in [-0.4, -0.2) is 84.5 Å². The Morgan fingerprint density at radius 2 is 1.64 bits per heavy atom. The second-order valence-electron chi connectivity index (χ2n) is 14.5. The first-order valence-electron chi connectivity index (χ1n) is 17.5. The second kappa shape index (κ2) is 19.7. The topological polar surface area (TPSA) is 172 Å². The molecule has 1 heterocycles. The molecular formula is C37H57N5O8. The fourth-order valence-corrected chi connectivity index (χ4v) is 5.79. The van der Waals surface area contributed by atoms with Crippen molar-refractivity contribution in [3.63, 3.8) is 0 Å². The third kappa shape index (κ3) is 12.5. The number of hydrogen-bond donors (Lipinski definition) is 4. The van der Waals surface area contributed by atoms with Crippen LogP contribution < -0.4 is 21.3 Å². The molecule has 5 amide bonds. The molecule has 0 saturated carbocycles. The Labute approximate surface area is 296 Å². The van der Waals surface area contributed by atoms with Crippen LogP contribution in [0.3, 0.4) is 0 Å². The SMILES string of the molecule is C=CCNC(=O)C(=O)C(CCC)NC(=O)[C@@H]1C(C(C)C)CCN1C(=O)[C@@H](NC(=O)N[C@H](COC(=O)OCc1ccccc1)C(C)C)C(C)(C)C. The van der Waals surface area contributed by atoms with Gasteiger partial charge in [-0.15, -0.1) is 6.58 Å². The number of nitrogens with one attached hydrogen (secondary N) is 4. The molecule has 13 heteroatoms. The van der Waals surface area contributed by atoms with Crippen molar-refractivity contribution in [3.8, 4) is 0 Å². The standard InChI is InChI=1S/C37H57N5O8/c1-10-15-27(30(43)33(45)38-19-11-2)39-32(44)29-26(23(3)4)18-20-42(29)34(46)31(37(7,8)9)41-35(47)40-28(24(5)6)22-50-36(48)49-21-25-16-13-12-14-17-25/h11-14,16-17,23-24,26-29,31H,2,10,15,18-22H2,1,3-9H3,(H,38,45)(H,39,44)(H2,40,41,47)/t26?,27?,28-,29+,31-/m1/s1. The molecule has 0 spiro atoms. The molecule has 2 rings (SSSR count). The maximum atomic E-state index is 14.3. The zero-order valence-corrected chi connectivity index (χ0v) is 30.9. The van der Waals surface area contributed by atoms with Gasteiger partial charge in [0.25, 0.3) is 5.91 Å². The minimum absolute atomic E-state index is 0.0234. The van der Waals surface area contributed by atoms with Gasteiger partial charge in [0.2, 0.25) is 17.6 Å². The van der Waals surface area contributed by atoms with Gasteiger partial charge in [-0.1, -0.05) is 98.2 Å². The van der Waals surface area contributed by atoms with Crippen LogP contribution in [0.1, 0.15) is 80.2 Å². The molecule has 13 nitrogen and oxygen atoms in total. The van der Waals surface area contributed by atoms with E-state index in [1.807, 2.05) is 85.7 Å². The summed E-state index contributed by atoms with van der Waals surface area (Å²) in [5, 5.41) is 10.9. The van der Waals surface area contributed by atoms with E-state index in [2.05, 4.69) is 27.8 Å². The van der Waals surface area contributed by atoms with E-state index in [4.69, 9.17) is 9.47 Å². The molecule has 1 saturated heterocycles. The molecule has 1 aromatic carbocycles. The molecule has 0 bridgehead atoms. The molecule has 50 heavy (non-hydrogen) atoms. The highest BCUT2D eigenvalue weighted by Gasteiger charge is 2.47. The van der Waals surface area contributed by atoms with Crippen molar-refractivity contribution in [2.24, 2.45) is 23.2 Å². The van der Waals surface area contributed by atoms with E-state index in [-0.39, 0.29) is 50.5 Å². The minimum Gasteiger partial charge on any atom is -0.432 e. The summed E-state index contributed by atoms with van der Waals surface area (Å²) in [6.45, 7) is 18.7. The Bertz CT molecular complexity index is 1330. The van der Waals surface area contributed by atoms with Crippen molar-refractivity contribution < 1.29 is 38.2 Å². The summed E-state index contributed by atoms with van der Waals surface area (Å²) in [5.41, 5.74) is 0.0408. The molecule has 1 aromatic rings. The van der Waals surface area contributed by atoms with Gasteiger partial charge in [0.05, 0.1) is 12.1 Å². The molecule has 278 valence electrons. The van der Waals surface area contributed by atoms with E-state index in [9.17, 15) is 28.8 Å². The normalized spacial score (nSPS) is 17.7. The second-order valence-corrected chi connectivity index (χ2v) is 14.5. The van der Waals surface area contributed by atoms with E-state index in [0.29, 0.717) is 12.8 Å². The van der Waals surface area contributed by atoms with Crippen LogP contribution in [0.5, 0.6) is 0 Å². The monoisotopic (exact) mass is 699 g/mol. The number of carbonyl (C=O) groups excluding carboxylic acids is 6. The van der Waals surface area contributed by atoms with Crippen molar-refractivity contribution in [1.82, 2.24) is 26.2 Å². The van der Waals surface area contributed by atoms with E-state index in [1.54, 1.807) is 0 Å². The van der Waals surface area contributed by atoms with Gasteiger partial charge < -0.3 is 35.6 Å². The summed E-state index contributed by atoms with van der Waals surface area (Å²) in [5.74, 6) is -2.88. The molecule has 0 aliphatic carbocycles. The van der Waals surface area contributed by atoms with Crippen LogP contribution in [0.25, 0.3) is 0 Å². The first kappa shape index (κ1) is 41.7. The Morgan fingerprint density at radius 1 is 0.980 bits per heavy atom. The lowest BCUT2D eigenvalue weighted by atomic mass is 9.84. The summed E-state index contributed by atoms with van der Waals surface area (Å²) in [4.78, 5) is 80.7. The largest absolute Gasteiger partial charge is 0.508 e.